The molecule has 0 fully saturated rings. The van der Waals surface area contributed by atoms with Crippen LogP contribution < -0.4 is 5.73 Å². The standard InChI is InChI=1S/C6H11NO3/c1-5(3-2-4-8)10-6(7)9/h2,4-5,8H,3H2,1H3,(H2,7,9). The van der Waals surface area contributed by atoms with Crippen LogP contribution in [0.5, 0.6) is 0 Å². The van der Waals surface area contributed by atoms with E-state index in [4.69, 9.17) is 10.8 Å². The second-order valence-electron chi connectivity index (χ2n) is 1.87. The Balaban J connectivity index is 3.43. The lowest BCUT2D eigenvalue weighted by molar-refractivity contribution is 0.117. The highest BCUT2D eigenvalue weighted by Crippen LogP contribution is 1.96. The lowest BCUT2D eigenvalue weighted by atomic mass is 10.3. The Bertz CT molecular complexity index is 133. The molecule has 0 aliphatic carbocycles. The first-order valence-corrected chi connectivity index (χ1v) is 2.92. The topological polar surface area (TPSA) is 72.6 Å². The van der Waals surface area contributed by atoms with Crippen LogP contribution in [0.25, 0.3) is 0 Å². The van der Waals surface area contributed by atoms with Crippen LogP contribution in [0.15, 0.2) is 12.3 Å². The van der Waals surface area contributed by atoms with E-state index >= 15 is 0 Å². The number of primary amides is 1. The number of hydrogen-bond donors (Lipinski definition) is 2. The summed E-state index contributed by atoms with van der Waals surface area (Å²) in [5.41, 5.74) is 4.72. The second-order valence-corrected chi connectivity index (χ2v) is 1.87. The molecule has 4 nitrogen and oxygen atoms in total. The summed E-state index contributed by atoms with van der Waals surface area (Å²) in [6.07, 6.45) is 1.79. The van der Waals surface area contributed by atoms with Gasteiger partial charge in [-0.25, -0.2) is 4.79 Å². The van der Waals surface area contributed by atoms with Crippen LogP contribution in [0.4, 0.5) is 4.79 Å². The van der Waals surface area contributed by atoms with Gasteiger partial charge >= 0.3 is 6.09 Å². The third kappa shape index (κ3) is 4.96. The van der Waals surface area contributed by atoms with Gasteiger partial charge < -0.3 is 15.6 Å². The molecule has 0 aliphatic heterocycles. The Kier molecular flexibility index (Phi) is 4.11. The van der Waals surface area contributed by atoms with Gasteiger partial charge in [-0.05, 0) is 13.0 Å². The molecule has 0 aromatic rings. The molecule has 58 valence electrons. The van der Waals surface area contributed by atoms with Crippen molar-refractivity contribution in [1.82, 2.24) is 0 Å². The van der Waals surface area contributed by atoms with E-state index in [1.807, 2.05) is 0 Å². The zero-order chi connectivity index (χ0) is 7.98. The summed E-state index contributed by atoms with van der Waals surface area (Å²) in [6, 6.07) is 0. The molecule has 0 bridgehead atoms. The fourth-order valence-corrected chi connectivity index (χ4v) is 0.499. The van der Waals surface area contributed by atoms with Gasteiger partial charge in [0.25, 0.3) is 0 Å². The van der Waals surface area contributed by atoms with Gasteiger partial charge in [-0.1, -0.05) is 0 Å². The minimum atomic E-state index is -0.793. The summed E-state index contributed by atoms with van der Waals surface area (Å²) >= 11 is 0. The van der Waals surface area contributed by atoms with Gasteiger partial charge in [0.2, 0.25) is 0 Å². The highest BCUT2D eigenvalue weighted by molar-refractivity contribution is 5.64. The summed E-state index contributed by atoms with van der Waals surface area (Å²) in [7, 11) is 0. The fourth-order valence-electron chi connectivity index (χ4n) is 0.499. The van der Waals surface area contributed by atoms with Gasteiger partial charge in [0.05, 0.1) is 6.26 Å². The Morgan fingerprint density at radius 3 is 2.90 bits per heavy atom. The van der Waals surface area contributed by atoms with Crippen molar-refractivity contribution in [3.63, 3.8) is 0 Å². The molecule has 0 saturated heterocycles. The van der Waals surface area contributed by atoms with Crippen LogP contribution in [0.1, 0.15) is 13.3 Å². The molecule has 0 aromatic carbocycles. The molecule has 4 heteroatoms. The molecule has 10 heavy (non-hydrogen) atoms. The zero-order valence-corrected chi connectivity index (χ0v) is 5.78. The maximum absolute atomic E-state index is 10.1. The molecule has 1 atom stereocenters. The highest BCUT2D eigenvalue weighted by Gasteiger charge is 2.01. The summed E-state index contributed by atoms with van der Waals surface area (Å²) in [6.45, 7) is 1.69. The first-order chi connectivity index (χ1) is 4.66. The van der Waals surface area contributed by atoms with Gasteiger partial charge in [0.1, 0.15) is 6.10 Å². The smallest absolute Gasteiger partial charge is 0.404 e. The van der Waals surface area contributed by atoms with Crippen molar-refractivity contribution in [2.24, 2.45) is 5.73 Å². The molecule has 0 rings (SSSR count). The molecule has 1 amide bonds. The average molecular weight is 145 g/mol. The maximum atomic E-state index is 10.1. The fraction of sp³-hybridized carbons (Fsp3) is 0.500. The Morgan fingerprint density at radius 1 is 1.90 bits per heavy atom. The molecule has 3 N–H and O–H groups in total. The number of hydrogen-bond acceptors (Lipinski definition) is 3. The maximum Gasteiger partial charge on any atom is 0.404 e. The van der Waals surface area contributed by atoms with Gasteiger partial charge in [0.15, 0.2) is 0 Å². The second kappa shape index (κ2) is 4.67. The molecular weight excluding hydrogens is 134 g/mol. The quantitative estimate of drug-likeness (QED) is 0.580. The normalized spacial score (nSPS) is 13.3. The Morgan fingerprint density at radius 2 is 2.50 bits per heavy atom. The van der Waals surface area contributed by atoms with Crippen molar-refractivity contribution in [3.8, 4) is 0 Å². The Labute approximate surface area is 59.3 Å². The van der Waals surface area contributed by atoms with Gasteiger partial charge in [-0.3, -0.25) is 0 Å². The van der Waals surface area contributed by atoms with E-state index in [2.05, 4.69) is 4.74 Å². The van der Waals surface area contributed by atoms with Crippen LogP contribution in [0.3, 0.4) is 0 Å². The lowest BCUT2D eigenvalue weighted by Crippen LogP contribution is -2.19. The van der Waals surface area contributed by atoms with Crippen molar-refractivity contribution in [3.05, 3.63) is 12.3 Å². The summed E-state index contributed by atoms with van der Waals surface area (Å²) < 4.78 is 4.53. The van der Waals surface area contributed by atoms with E-state index in [1.165, 1.54) is 6.08 Å². The summed E-state index contributed by atoms with van der Waals surface area (Å²) in [5, 5.41) is 8.20. The van der Waals surface area contributed by atoms with E-state index in [1.54, 1.807) is 6.92 Å². The van der Waals surface area contributed by atoms with Crippen molar-refractivity contribution in [1.29, 1.82) is 0 Å². The largest absolute Gasteiger partial charge is 0.516 e. The van der Waals surface area contributed by atoms with E-state index in [0.29, 0.717) is 6.42 Å². The number of carbonyl (C=O) groups excluding carboxylic acids is 1. The average Bonchev–Trinajstić information content (AvgIpc) is 1.82. The van der Waals surface area contributed by atoms with Crippen LogP contribution in [-0.4, -0.2) is 17.3 Å². The van der Waals surface area contributed by atoms with Gasteiger partial charge in [-0.2, -0.15) is 0 Å². The van der Waals surface area contributed by atoms with E-state index < -0.39 is 6.09 Å². The lowest BCUT2D eigenvalue weighted by Gasteiger charge is -2.06. The molecule has 1 unspecified atom stereocenters. The number of aliphatic hydroxyl groups is 1. The van der Waals surface area contributed by atoms with E-state index in [-0.39, 0.29) is 6.10 Å². The molecule has 0 saturated carbocycles. The highest BCUT2D eigenvalue weighted by atomic mass is 16.6. The Hall–Kier alpha value is -1.19. The third-order valence-electron chi connectivity index (χ3n) is 0.891. The molecule has 0 radical (unpaired) electrons. The number of carbonyl (C=O) groups is 1. The monoisotopic (exact) mass is 145 g/mol. The molecule has 0 spiro atoms. The number of rotatable bonds is 3. The van der Waals surface area contributed by atoms with Crippen molar-refractivity contribution in [2.75, 3.05) is 0 Å². The molecular formula is C6H11NO3. The number of nitrogens with two attached hydrogens (primary N) is 1. The first kappa shape index (κ1) is 8.81. The van der Waals surface area contributed by atoms with Gasteiger partial charge in [-0.15, -0.1) is 0 Å². The minimum Gasteiger partial charge on any atom is -0.516 e. The predicted octanol–water partition coefficient (Wildman–Crippen LogP) is 0.932. The van der Waals surface area contributed by atoms with Crippen LogP contribution >= 0.6 is 0 Å². The zero-order valence-electron chi connectivity index (χ0n) is 5.78. The molecule has 0 aromatic heterocycles. The SMILES string of the molecule is CC(CC=CO)OC(N)=O. The summed E-state index contributed by atoms with van der Waals surface area (Å²) in [5.74, 6) is 0. The van der Waals surface area contributed by atoms with Crippen LogP contribution in [0.2, 0.25) is 0 Å². The van der Waals surface area contributed by atoms with Crippen LogP contribution in [0, 0.1) is 0 Å². The van der Waals surface area contributed by atoms with Crippen molar-refractivity contribution < 1.29 is 14.6 Å². The van der Waals surface area contributed by atoms with E-state index in [0.717, 1.165) is 6.26 Å². The van der Waals surface area contributed by atoms with Gasteiger partial charge in [0, 0.05) is 6.42 Å². The number of ether oxygens (including phenoxy) is 1. The molecule has 0 aliphatic rings. The van der Waals surface area contributed by atoms with E-state index in [9.17, 15) is 4.79 Å². The summed E-state index contributed by atoms with van der Waals surface area (Å²) in [4.78, 5) is 10.1. The third-order valence-corrected chi connectivity index (χ3v) is 0.891. The first-order valence-electron chi connectivity index (χ1n) is 2.92. The number of aliphatic hydroxyl groups excluding tert-OH is 1. The molecule has 0 heterocycles. The van der Waals surface area contributed by atoms with Crippen LogP contribution in [-0.2, 0) is 4.74 Å². The van der Waals surface area contributed by atoms with Crippen molar-refractivity contribution >= 4 is 6.09 Å². The predicted molar refractivity (Wildman–Crippen MR) is 36.5 cm³/mol. The minimum absolute atomic E-state index is 0.277. The number of amides is 1. The van der Waals surface area contributed by atoms with Crippen molar-refractivity contribution in [2.45, 2.75) is 19.4 Å².